The molecule has 2 rings (SSSR count). The van der Waals surface area contributed by atoms with E-state index in [1.807, 2.05) is 32.1 Å². The third-order valence-electron chi connectivity index (χ3n) is 5.01. The van der Waals surface area contributed by atoms with Crippen molar-refractivity contribution in [1.29, 1.82) is 0 Å². The van der Waals surface area contributed by atoms with Gasteiger partial charge >= 0.3 is 5.97 Å². The first kappa shape index (κ1) is 24.2. The molecular weight excluding hydrogens is 416 g/mol. The van der Waals surface area contributed by atoms with Crippen LogP contribution >= 0.6 is 11.6 Å². The van der Waals surface area contributed by atoms with Crippen LogP contribution in [0, 0.1) is 6.92 Å². The molecule has 2 aromatic carbocycles. The van der Waals surface area contributed by atoms with Gasteiger partial charge in [0.25, 0.3) is 0 Å². The predicted molar refractivity (Wildman–Crippen MR) is 122 cm³/mol. The standard InChI is InChI=1S/C25H27ClO5/c1-16(12-13-20-23(28)21(14-27)18(3)22(26)24(20)29)8-7-9-17(2)15-31-25(30)19-10-5-4-6-11-19/h4-6,9-12,14,28-29H,7-8,13,15H2,1-3H3/b16-12+,17-9+. The summed E-state index contributed by atoms with van der Waals surface area (Å²) in [6.07, 6.45) is 6.19. The first-order valence-electron chi connectivity index (χ1n) is 9.97. The first-order valence-corrected chi connectivity index (χ1v) is 10.4. The van der Waals surface area contributed by atoms with Crippen LogP contribution in [0.15, 0.2) is 53.6 Å². The summed E-state index contributed by atoms with van der Waals surface area (Å²) in [6.45, 7) is 5.66. The van der Waals surface area contributed by atoms with Crippen LogP contribution in [0.1, 0.15) is 58.5 Å². The lowest BCUT2D eigenvalue weighted by Gasteiger charge is -2.13. The summed E-state index contributed by atoms with van der Waals surface area (Å²) in [4.78, 5) is 23.2. The quantitative estimate of drug-likeness (QED) is 0.285. The lowest BCUT2D eigenvalue weighted by Crippen LogP contribution is -2.06. The highest BCUT2D eigenvalue weighted by atomic mass is 35.5. The second-order valence-corrected chi connectivity index (χ2v) is 7.81. The Kier molecular flexibility index (Phi) is 8.88. The minimum atomic E-state index is -0.351. The monoisotopic (exact) mass is 442 g/mol. The van der Waals surface area contributed by atoms with Crippen molar-refractivity contribution in [3.8, 4) is 11.5 Å². The number of carbonyl (C=O) groups excluding carboxylic acids is 2. The van der Waals surface area contributed by atoms with Gasteiger partial charge in [-0.3, -0.25) is 4.79 Å². The van der Waals surface area contributed by atoms with E-state index >= 15 is 0 Å². The van der Waals surface area contributed by atoms with E-state index in [1.165, 1.54) is 0 Å². The number of allylic oxidation sites excluding steroid dienone is 3. The third kappa shape index (κ3) is 6.46. The predicted octanol–water partition coefficient (Wildman–Crippen LogP) is 5.94. The number of rotatable bonds is 9. The first-order chi connectivity index (χ1) is 14.8. The normalized spacial score (nSPS) is 12.0. The number of ether oxygens (including phenoxy) is 1. The molecule has 31 heavy (non-hydrogen) atoms. The number of phenolic OH excluding ortho intramolecular Hbond substituents is 2. The fraction of sp³-hybridized carbons (Fsp3) is 0.280. The molecule has 0 aliphatic rings. The topological polar surface area (TPSA) is 83.8 Å². The third-order valence-corrected chi connectivity index (χ3v) is 5.47. The summed E-state index contributed by atoms with van der Waals surface area (Å²) in [5, 5.41) is 20.6. The number of esters is 1. The summed E-state index contributed by atoms with van der Waals surface area (Å²) in [6, 6.07) is 8.85. The SMILES string of the molecule is C/C(=C\Cc1c(O)c(Cl)c(C)c(C=O)c1O)CC/C=C(\C)COC(=O)c1ccccc1. The second kappa shape index (κ2) is 11.4. The molecule has 5 nitrogen and oxygen atoms in total. The van der Waals surface area contributed by atoms with Crippen LogP contribution in [-0.2, 0) is 11.2 Å². The Labute approximate surface area is 187 Å². The number of phenols is 2. The maximum atomic E-state index is 12.0. The van der Waals surface area contributed by atoms with E-state index in [2.05, 4.69) is 0 Å². The van der Waals surface area contributed by atoms with Gasteiger partial charge in [0.1, 0.15) is 18.1 Å². The highest BCUT2D eigenvalue weighted by molar-refractivity contribution is 6.33. The maximum Gasteiger partial charge on any atom is 0.338 e. The number of hydrogen-bond donors (Lipinski definition) is 2. The number of hydrogen-bond acceptors (Lipinski definition) is 5. The molecule has 0 atom stereocenters. The van der Waals surface area contributed by atoms with Gasteiger partial charge in [-0.05, 0) is 63.3 Å². The van der Waals surface area contributed by atoms with Gasteiger partial charge in [-0.25, -0.2) is 4.79 Å². The van der Waals surface area contributed by atoms with E-state index in [0.717, 1.165) is 24.0 Å². The van der Waals surface area contributed by atoms with Gasteiger partial charge in [-0.2, -0.15) is 0 Å². The van der Waals surface area contributed by atoms with Gasteiger partial charge in [-0.1, -0.05) is 47.5 Å². The minimum Gasteiger partial charge on any atom is -0.507 e. The van der Waals surface area contributed by atoms with Crippen LogP contribution in [0.3, 0.4) is 0 Å². The molecule has 0 heterocycles. The number of halogens is 1. The number of aromatic hydroxyl groups is 2. The molecule has 0 saturated heterocycles. The zero-order valence-electron chi connectivity index (χ0n) is 17.9. The Hall–Kier alpha value is -3.05. The molecule has 0 amide bonds. The molecule has 0 radical (unpaired) electrons. The Morgan fingerprint density at radius 1 is 1.06 bits per heavy atom. The molecule has 0 unspecified atom stereocenters. The van der Waals surface area contributed by atoms with E-state index in [4.69, 9.17) is 16.3 Å². The van der Waals surface area contributed by atoms with Crippen LogP contribution in [0.2, 0.25) is 5.02 Å². The zero-order valence-corrected chi connectivity index (χ0v) is 18.7. The van der Waals surface area contributed by atoms with E-state index < -0.39 is 0 Å². The molecule has 0 bridgehead atoms. The van der Waals surface area contributed by atoms with Crippen molar-refractivity contribution < 1.29 is 24.5 Å². The molecule has 2 aromatic rings. The number of carbonyl (C=O) groups is 2. The van der Waals surface area contributed by atoms with Crippen molar-refractivity contribution in [2.45, 2.75) is 40.0 Å². The van der Waals surface area contributed by atoms with Gasteiger partial charge in [0, 0.05) is 5.56 Å². The van der Waals surface area contributed by atoms with Crippen molar-refractivity contribution in [3.05, 3.63) is 80.9 Å². The fourth-order valence-corrected chi connectivity index (χ4v) is 3.25. The summed E-state index contributed by atoms with van der Waals surface area (Å²) in [7, 11) is 0. The number of aldehydes is 1. The summed E-state index contributed by atoms with van der Waals surface area (Å²) in [5.41, 5.74) is 3.20. The Balaban J connectivity index is 1.91. The van der Waals surface area contributed by atoms with Gasteiger partial charge in [0.15, 0.2) is 6.29 Å². The second-order valence-electron chi connectivity index (χ2n) is 7.43. The molecule has 0 aromatic heterocycles. The molecular formula is C25H27ClO5. The van der Waals surface area contributed by atoms with Crippen molar-refractivity contribution in [2.24, 2.45) is 0 Å². The molecule has 6 heteroatoms. The molecule has 0 spiro atoms. The van der Waals surface area contributed by atoms with Crippen molar-refractivity contribution in [2.75, 3.05) is 6.61 Å². The van der Waals surface area contributed by atoms with Crippen LogP contribution < -0.4 is 0 Å². The lowest BCUT2D eigenvalue weighted by molar-refractivity contribution is 0.0539. The molecule has 2 N–H and O–H groups in total. The van der Waals surface area contributed by atoms with Gasteiger partial charge in [0.2, 0.25) is 0 Å². The molecule has 164 valence electrons. The van der Waals surface area contributed by atoms with E-state index in [0.29, 0.717) is 17.4 Å². The van der Waals surface area contributed by atoms with Gasteiger partial charge < -0.3 is 14.9 Å². The van der Waals surface area contributed by atoms with Crippen molar-refractivity contribution in [3.63, 3.8) is 0 Å². The summed E-state index contributed by atoms with van der Waals surface area (Å²) < 4.78 is 5.30. The highest BCUT2D eigenvalue weighted by Gasteiger charge is 2.19. The average molecular weight is 443 g/mol. The van der Waals surface area contributed by atoms with E-state index in [-0.39, 0.29) is 46.6 Å². The number of benzene rings is 2. The molecule has 0 fully saturated rings. The minimum absolute atomic E-state index is 0.0737. The van der Waals surface area contributed by atoms with Gasteiger partial charge in [0.05, 0.1) is 16.1 Å². The molecule has 0 aliphatic heterocycles. The van der Waals surface area contributed by atoms with Crippen molar-refractivity contribution >= 4 is 23.9 Å². The van der Waals surface area contributed by atoms with Crippen LogP contribution in [0.25, 0.3) is 0 Å². The van der Waals surface area contributed by atoms with Crippen molar-refractivity contribution in [1.82, 2.24) is 0 Å². The van der Waals surface area contributed by atoms with Crippen LogP contribution in [-0.4, -0.2) is 29.1 Å². The Morgan fingerprint density at radius 3 is 2.39 bits per heavy atom. The molecule has 0 aliphatic carbocycles. The largest absolute Gasteiger partial charge is 0.507 e. The van der Waals surface area contributed by atoms with E-state index in [1.54, 1.807) is 31.2 Å². The highest BCUT2D eigenvalue weighted by Crippen LogP contribution is 2.40. The summed E-state index contributed by atoms with van der Waals surface area (Å²) >= 11 is 6.08. The summed E-state index contributed by atoms with van der Waals surface area (Å²) in [5.74, 6) is -0.799. The average Bonchev–Trinajstić information content (AvgIpc) is 2.77. The zero-order chi connectivity index (χ0) is 23.0. The Bertz CT molecular complexity index is 1010. The van der Waals surface area contributed by atoms with E-state index in [9.17, 15) is 19.8 Å². The van der Waals surface area contributed by atoms with Gasteiger partial charge in [-0.15, -0.1) is 0 Å². The lowest BCUT2D eigenvalue weighted by atomic mass is 9.99. The maximum absolute atomic E-state index is 12.0. The van der Waals surface area contributed by atoms with Crippen LogP contribution in [0.4, 0.5) is 0 Å². The van der Waals surface area contributed by atoms with Crippen LogP contribution in [0.5, 0.6) is 11.5 Å². The smallest absolute Gasteiger partial charge is 0.338 e. The Morgan fingerprint density at radius 2 is 1.74 bits per heavy atom. The molecule has 0 saturated carbocycles. The fourth-order valence-electron chi connectivity index (χ4n) is 3.04.